The molecule has 25 heavy (non-hydrogen) atoms. The maximum absolute atomic E-state index is 5.60. The molecule has 0 saturated heterocycles. The van der Waals surface area contributed by atoms with E-state index in [1.54, 1.807) is 0 Å². The minimum atomic E-state index is 0.811. The van der Waals surface area contributed by atoms with Crippen molar-refractivity contribution in [3.63, 3.8) is 0 Å². The molecule has 0 N–H and O–H groups in total. The number of benzene rings is 3. The molecule has 0 saturated carbocycles. The molecule has 0 fully saturated rings. The third-order valence-electron chi connectivity index (χ3n) is 4.68. The Kier molecular flexibility index (Phi) is 3.01. The van der Waals surface area contributed by atoms with Crippen molar-refractivity contribution < 1.29 is 4.52 Å². The maximum atomic E-state index is 5.60. The van der Waals surface area contributed by atoms with Gasteiger partial charge in [0.05, 0.1) is 11.0 Å². The zero-order valence-electron chi connectivity index (χ0n) is 13.8. The first-order valence-corrected chi connectivity index (χ1v) is 8.35. The molecule has 0 bridgehead atoms. The first kappa shape index (κ1) is 14.1. The molecular weight excluding hydrogens is 308 g/mol. The molecule has 0 unspecified atom stereocenters. The average Bonchev–Trinajstić information content (AvgIpc) is 3.20. The normalized spacial score (nSPS) is 11.4. The zero-order valence-corrected chi connectivity index (χ0v) is 13.8. The van der Waals surface area contributed by atoms with E-state index in [4.69, 9.17) is 4.52 Å². The second-order valence-electron chi connectivity index (χ2n) is 6.17. The molecule has 0 aliphatic rings. The van der Waals surface area contributed by atoms with Crippen LogP contribution in [0, 0.1) is 6.92 Å². The van der Waals surface area contributed by atoms with Crippen molar-refractivity contribution in [2.24, 2.45) is 0 Å². The lowest BCUT2D eigenvalue weighted by atomic mass is 10.1. The SMILES string of the molecule is Cc1onc(-c2ccccc2)c1-n1c2ccccc2c2ccccc21. The van der Waals surface area contributed by atoms with Gasteiger partial charge in [-0.15, -0.1) is 0 Å². The highest BCUT2D eigenvalue weighted by Crippen LogP contribution is 2.36. The van der Waals surface area contributed by atoms with Crippen LogP contribution in [0.15, 0.2) is 83.4 Å². The summed E-state index contributed by atoms with van der Waals surface area (Å²) in [6, 6.07) is 27.1. The summed E-state index contributed by atoms with van der Waals surface area (Å²) >= 11 is 0. The first-order chi connectivity index (χ1) is 12.3. The van der Waals surface area contributed by atoms with Gasteiger partial charge in [-0.2, -0.15) is 0 Å². The lowest BCUT2D eigenvalue weighted by molar-refractivity contribution is 0.399. The predicted octanol–water partition coefficient (Wildman–Crippen LogP) is 5.75. The lowest BCUT2D eigenvalue weighted by Gasteiger charge is -2.08. The summed E-state index contributed by atoms with van der Waals surface area (Å²) in [6.45, 7) is 1.97. The molecule has 3 heteroatoms. The number of hydrogen-bond donors (Lipinski definition) is 0. The Labute approximate surface area is 145 Å². The lowest BCUT2D eigenvalue weighted by Crippen LogP contribution is -1.96. The van der Waals surface area contributed by atoms with Crippen LogP contribution in [0.5, 0.6) is 0 Å². The number of rotatable bonds is 2. The fourth-order valence-electron chi connectivity index (χ4n) is 3.58. The molecule has 0 spiro atoms. The molecule has 0 radical (unpaired) electrons. The summed E-state index contributed by atoms with van der Waals surface area (Å²) in [5.74, 6) is 0.811. The standard InChI is InChI=1S/C22H16N2O/c1-15-22(21(23-25-15)16-9-3-2-4-10-16)24-19-13-7-5-11-17(19)18-12-6-8-14-20(18)24/h2-14H,1H3. The topological polar surface area (TPSA) is 31.0 Å². The summed E-state index contributed by atoms with van der Waals surface area (Å²) in [5.41, 5.74) is 5.24. The molecule has 0 amide bonds. The van der Waals surface area contributed by atoms with Crippen molar-refractivity contribution >= 4 is 21.8 Å². The number of hydrogen-bond acceptors (Lipinski definition) is 2. The Hall–Kier alpha value is -3.33. The monoisotopic (exact) mass is 324 g/mol. The average molecular weight is 324 g/mol. The molecule has 3 nitrogen and oxygen atoms in total. The van der Waals surface area contributed by atoms with E-state index in [1.165, 1.54) is 10.8 Å². The minimum absolute atomic E-state index is 0.811. The van der Waals surface area contributed by atoms with Crippen molar-refractivity contribution in [1.82, 2.24) is 9.72 Å². The van der Waals surface area contributed by atoms with Crippen LogP contribution < -0.4 is 0 Å². The molecule has 0 aliphatic carbocycles. The largest absolute Gasteiger partial charge is 0.359 e. The number of fused-ring (bicyclic) bond motifs is 3. The quantitative estimate of drug-likeness (QED) is 0.414. The Morgan fingerprint density at radius 3 is 1.92 bits per heavy atom. The smallest absolute Gasteiger partial charge is 0.158 e. The number of para-hydroxylation sites is 2. The zero-order chi connectivity index (χ0) is 16.8. The van der Waals surface area contributed by atoms with E-state index in [0.29, 0.717) is 0 Å². The highest BCUT2D eigenvalue weighted by molar-refractivity contribution is 6.09. The van der Waals surface area contributed by atoms with Gasteiger partial charge in [-0.25, -0.2) is 0 Å². The van der Waals surface area contributed by atoms with E-state index in [9.17, 15) is 0 Å². The summed E-state index contributed by atoms with van der Waals surface area (Å²) in [6.07, 6.45) is 0. The molecule has 5 rings (SSSR count). The molecular formula is C22H16N2O. The molecule has 2 aromatic heterocycles. The summed E-state index contributed by atoms with van der Waals surface area (Å²) in [7, 11) is 0. The van der Waals surface area contributed by atoms with Gasteiger partial charge in [0.1, 0.15) is 11.4 Å². The number of nitrogens with zero attached hydrogens (tertiary/aromatic N) is 2. The van der Waals surface area contributed by atoms with Gasteiger partial charge in [0.15, 0.2) is 5.76 Å². The molecule has 2 heterocycles. The van der Waals surface area contributed by atoms with Crippen LogP contribution in [0.25, 0.3) is 38.8 Å². The Morgan fingerprint density at radius 1 is 0.720 bits per heavy atom. The maximum Gasteiger partial charge on any atom is 0.158 e. The molecule has 0 aliphatic heterocycles. The predicted molar refractivity (Wildman–Crippen MR) is 101 cm³/mol. The van der Waals surface area contributed by atoms with Gasteiger partial charge >= 0.3 is 0 Å². The van der Waals surface area contributed by atoms with Crippen molar-refractivity contribution in [1.29, 1.82) is 0 Å². The van der Waals surface area contributed by atoms with Crippen molar-refractivity contribution in [3.05, 3.63) is 84.6 Å². The van der Waals surface area contributed by atoms with E-state index >= 15 is 0 Å². The Bertz CT molecular complexity index is 1150. The molecule has 0 atom stereocenters. The Morgan fingerprint density at radius 2 is 1.28 bits per heavy atom. The van der Waals surface area contributed by atoms with E-state index in [2.05, 4.69) is 70.4 Å². The van der Waals surface area contributed by atoms with Gasteiger partial charge in [-0.3, -0.25) is 0 Å². The van der Waals surface area contributed by atoms with Crippen LogP contribution in [-0.4, -0.2) is 9.72 Å². The van der Waals surface area contributed by atoms with Gasteiger partial charge < -0.3 is 9.09 Å². The van der Waals surface area contributed by atoms with Gasteiger partial charge in [0.2, 0.25) is 0 Å². The van der Waals surface area contributed by atoms with Gasteiger partial charge in [0.25, 0.3) is 0 Å². The fraction of sp³-hybridized carbons (Fsp3) is 0.0455. The van der Waals surface area contributed by atoms with E-state index in [0.717, 1.165) is 33.7 Å². The van der Waals surface area contributed by atoms with Crippen LogP contribution in [-0.2, 0) is 0 Å². The van der Waals surface area contributed by atoms with Crippen LogP contribution in [0.3, 0.4) is 0 Å². The van der Waals surface area contributed by atoms with Crippen LogP contribution in [0.4, 0.5) is 0 Å². The number of aromatic nitrogens is 2. The van der Waals surface area contributed by atoms with Crippen molar-refractivity contribution in [2.45, 2.75) is 6.92 Å². The highest BCUT2D eigenvalue weighted by Gasteiger charge is 2.20. The summed E-state index contributed by atoms with van der Waals surface area (Å²) < 4.78 is 7.86. The van der Waals surface area contributed by atoms with Crippen LogP contribution >= 0.6 is 0 Å². The highest BCUT2D eigenvalue weighted by atomic mass is 16.5. The summed E-state index contributed by atoms with van der Waals surface area (Å²) in [4.78, 5) is 0. The van der Waals surface area contributed by atoms with E-state index in [1.807, 2.05) is 25.1 Å². The van der Waals surface area contributed by atoms with Crippen molar-refractivity contribution in [2.75, 3.05) is 0 Å². The second-order valence-corrected chi connectivity index (χ2v) is 6.17. The van der Waals surface area contributed by atoms with E-state index < -0.39 is 0 Å². The molecule has 5 aromatic rings. The third kappa shape index (κ3) is 2.02. The van der Waals surface area contributed by atoms with Gasteiger partial charge in [-0.1, -0.05) is 71.9 Å². The third-order valence-corrected chi connectivity index (χ3v) is 4.68. The van der Waals surface area contributed by atoms with Gasteiger partial charge in [-0.05, 0) is 19.1 Å². The Balaban J connectivity index is 1.93. The van der Waals surface area contributed by atoms with Crippen LogP contribution in [0.1, 0.15) is 5.76 Å². The minimum Gasteiger partial charge on any atom is -0.359 e. The molecule has 120 valence electrons. The summed E-state index contributed by atoms with van der Waals surface area (Å²) in [5, 5.41) is 6.83. The van der Waals surface area contributed by atoms with Gasteiger partial charge in [0, 0.05) is 16.3 Å². The first-order valence-electron chi connectivity index (χ1n) is 8.35. The second kappa shape index (κ2) is 5.35. The number of aryl methyl sites for hydroxylation is 1. The van der Waals surface area contributed by atoms with Crippen molar-refractivity contribution in [3.8, 4) is 16.9 Å². The molecule has 3 aromatic carbocycles. The van der Waals surface area contributed by atoms with Crippen LogP contribution in [0.2, 0.25) is 0 Å². The van der Waals surface area contributed by atoms with E-state index in [-0.39, 0.29) is 0 Å². The fourth-order valence-corrected chi connectivity index (χ4v) is 3.58.